The van der Waals surface area contributed by atoms with Crippen LogP contribution in [0.1, 0.15) is 24.0 Å². The lowest BCUT2D eigenvalue weighted by Crippen LogP contribution is -2.15. The van der Waals surface area contributed by atoms with E-state index in [9.17, 15) is 18.0 Å². The molecule has 1 aliphatic heterocycles. The van der Waals surface area contributed by atoms with Crippen molar-refractivity contribution in [2.75, 3.05) is 6.79 Å². The molecule has 1 heterocycles. The van der Waals surface area contributed by atoms with E-state index in [1.165, 1.54) is 12.1 Å². The summed E-state index contributed by atoms with van der Waals surface area (Å²) in [6, 6.07) is 2.15. The molecule has 0 unspecified atom stereocenters. The van der Waals surface area contributed by atoms with Crippen LogP contribution in [0.4, 0.5) is 13.2 Å². The largest absolute Gasteiger partial charge is 0.454 e. The molecule has 0 radical (unpaired) electrons. The third kappa shape index (κ3) is 1.77. The second-order valence-corrected chi connectivity index (χ2v) is 4.45. The first kappa shape index (κ1) is 12.0. The molecule has 1 aromatic rings. The number of hydrogen-bond donors (Lipinski definition) is 0. The van der Waals surface area contributed by atoms with Crippen molar-refractivity contribution in [1.82, 2.24) is 0 Å². The Labute approximate surface area is 105 Å². The van der Waals surface area contributed by atoms with Gasteiger partial charge in [-0.1, -0.05) is 0 Å². The minimum atomic E-state index is -4.54. The number of nitrogens with zero attached hydrogens (tertiary/aromatic N) is 1. The number of halogens is 3. The topological polar surface area (TPSA) is 47.9 Å². The second-order valence-electron chi connectivity index (χ2n) is 4.45. The van der Waals surface area contributed by atoms with Gasteiger partial charge < -0.3 is 9.47 Å². The van der Waals surface area contributed by atoms with E-state index >= 15 is 0 Å². The maximum Gasteiger partial charge on any atom is 0.416 e. The molecule has 0 N–H and O–H groups in total. The fraction of sp³-hybridized carbons (Fsp3) is 0.417. The van der Waals surface area contributed by atoms with Crippen LogP contribution in [0, 0.1) is 0 Å². The van der Waals surface area contributed by atoms with E-state index in [4.69, 9.17) is 9.47 Å². The number of hydrogen-bond acceptors (Lipinski definition) is 4. The lowest BCUT2D eigenvalue weighted by atomic mass is 9.96. The van der Waals surface area contributed by atoms with Gasteiger partial charge in [0.15, 0.2) is 11.5 Å². The lowest BCUT2D eigenvalue weighted by Gasteiger charge is -2.18. The highest BCUT2D eigenvalue weighted by Gasteiger charge is 2.53. The van der Waals surface area contributed by atoms with Crippen LogP contribution in [-0.4, -0.2) is 12.9 Å². The summed E-state index contributed by atoms with van der Waals surface area (Å²) in [7, 11) is 0. The van der Waals surface area contributed by atoms with Crippen LogP contribution in [0.2, 0.25) is 0 Å². The molecule has 100 valence electrons. The lowest BCUT2D eigenvalue weighted by molar-refractivity contribution is -0.138. The molecule has 1 fully saturated rings. The zero-order chi connectivity index (χ0) is 13.7. The molecule has 1 saturated carbocycles. The Bertz CT molecular complexity index is 587. The predicted molar refractivity (Wildman–Crippen MR) is 56.6 cm³/mol. The van der Waals surface area contributed by atoms with Crippen LogP contribution in [0.15, 0.2) is 17.1 Å². The summed E-state index contributed by atoms with van der Waals surface area (Å²) in [4.78, 5) is 14.0. The van der Waals surface area contributed by atoms with Gasteiger partial charge in [-0.2, -0.15) is 18.2 Å². The Kier molecular flexibility index (Phi) is 2.37. The average molecular weight is 271 g/mol. The van der Waals surface area contributed by atoms with Gasteiger partial charge in [-0.15, -0.1) is 0 Å². The number of alkyl halides is 3. The van der Waals surface area contributed by atoms with Gasteiger partial charge in [0.2, 0.25) is 12.9 Å². The maximum atomic E-state index is 13.1. The van der Waals surface area contributed by atoms with Gasteiger partial charge in [0, 0.05) is 5.56 Å². The van der Waals surface area contributed by atoms with E-state index in [1.54, 1.807) is 0 Å². The molecule has 7 heteroatoms. The Morgan fingerprint density at radius 3 is 2.58 bits per heavy atom. The van der Waals surface area contributed by atoms with Crippen LogP contribution < -0.4 is 9.47 Å². The van der Waals surface area contributed by atoms with Crippen molar-refractivity contribution in [3.63, 3.8) is 0 Å². The Balaban J connectivity index is 2.26. The predicted octanol–water partition coefficient (Wildman–Crippen LogP) is 2.76. The standard InChI is InChI=1S/C12H8F3NO3/c13-12(14,15)7-1-2-8-10(19-6-18-8)9(7)11(3-4-11)16-5-17/h1-2H,3-4,6H2. The average Bonchev–Trinajstić information content (AvgIpc) is 2.95. The number of fused-ring (bicyclic) bond motifs is 1. The summed E-state index contributed by atoms with van der Waals surface area (Å²) in [6.07, 6.45) is -2.45. The quantitative estimate of drug-likeness (QED) is 0.613. The maximum absolute atomic E-state index is 13.1. The minimum absolute atomic E-state index is 0.0336. The summed E-state index contributed by atoms with van der Waals surface area (Å²) in [6.45, 7) is -0.134. The molecule has 0 spiro atoms. The van der Waals surface area contributed by atoms with Crippen molar-refractivity contribution < 1.29 is 27.4 Å². The number of ether oxygens (including phenoxy) is 2. The number of carbonyl (C=O) groups excluding carboxylic acids is 1. The fourth-order valence-corrected chi connectivity index (χ4v) is 2.29. The molecule has 2 aliphatic rings. The summed E-state index contributed by atoms with van der Waals surface area (Å²) in [5, 5.41) is 0. The summed E-state index contributed by atoms with van der Waals surface area (Å²) in [5.41, 5.74) is -2.11. The zero-order valence-corrected chi connectivity index (χ0v) is 9.58. The Morgan fingerprint density at radius 1 is 1.26 bits per heavy atom. The highest BCUT2D eigenvalue weighted by molar-refractivity contribution is 5.59. The summed E-state index contributed by atoms with van der Waals surface area (Å²) >= 11 is 0. The minimum Gasteiger partial charge on any atom is -0.454 e. The van der Waals surface area contributed by atoms with E-state index in [1.807, 2.05) is 0 Å². The molecular weight excluding hydrogens is 263 g/mol. The Hall–Kier alpha value is -2.01. The van der Waals surface area contributed by atoms with Crippen molar-refractivity contribution >= 4 is 6.08 Å². The van der Waals surface area contributed by atoms with Crippen molar-refractivity contribution in [2.45, 2.75) is 24.6 Å². The van der Waals surface area contributed by atoms with Gasteiger partial charge in [-0.3, -0.25) is 0 Å². The molecular formula is C12H8F3NO3. The molecule has 0 saturated heterocycles. The van der Waals surface area contributed by atoms with Crippen molar-refractivity contribution in [2.24, 2.45) is 4.99 Å². The second kappa shape index (κ2) is 3.74. The first-order valence-corrected chi connectivity index (χ1v) is 5.57. The third-order valence-electron chi connectivity index (χ3n) is 3.29. The van der Waals surface area contributed by atoms with Gasteiger partial charge in [0.25, 0.3) is 0 Å². The molecule has 3 rings (SSSR count). The fourth-order valence-electron chi connectivity index (χ4n) is 2.29. The van der Waals surface area contributed by atoms with E-state index in [-0.39, 0.29) is 23.9 Å². The van der Waals surface area contributed by atoms with Crippen molar-refractivity contribution in [1.29, 1.82) is 0 Å². The molecule has 0 bridgehead atoms. The molecule has 0 aromatic heterocycles. The van der Waals surface area contributed by atoms with Crippen LogP contribution in [0.3, 0.4) is 0 Å². The molecule has 0 atom stereocenters. The number of isocyanates is 1. The molecule has 0 amide bonds. The first-order chi connectivity index (χ1) is 8.98. The van der Waals surface area contributed by atoms with Crippen LogP contribution in [0.25, 0.3) is 0 Å². The zero-order valence-electron chi connectivity index (χ0n) is 9.58. The van der Waals surface area contributed by atoms with Gasteiger partial charge in [-0.25, -0.2) is 4.79 Å². The van der Waals surface area contributed by atoms with Crippen LogP contribution in [0.5, 0.6) is 11.5 Å². The van der Waals surface area contributed by atoms with Gasteiger partial charge in [-0.05, 0) is 25.0 Å². The van der Waals surface area contributed by atoms with E-state index in [2.05, 4.69) is 4.99 Å². The number of aliphatic imine (C=N–C) groups is 1. The summed E-state index contributed by atoms with van der Waals surface area (Å²) < 4.78 is 49.4. The highest BCUT2D eigenvalue weighted by Crippen LogP contribution is 2.58. The van der Waals surface area contributed by atoms with E-state index < -0.39 is 17.3 Å². The molecule has 19 heavy (non-hydrogen) atoms. The smallest absolute Gasteiger partial charge is 0.416 e. The highest BCUT2D eigenvalue weighted by atomic mass is 19.4. The van der Waals surface area contributed by atoms with Crippen LogP contribution >= 0.6 is 0 Å². The summed E-state index contributed by atoms with van der Waals surface area (Å²) in [5.74, 6) is 0.279. The third-order valence-corrected chi connectivity index (χ3v) is 3.29. The Morgan fingerprint density at radius 2 is 2.00 bits per heavy atom. The number of rotatable bonds is 2. The number of benzene rings is 1. The van der Waals surface area contributed by atoms with E-state index in [0.29, 0.717) is 12.8 Å². The first-order valence-electron chi connectivity index (χ1n) is 5.57. The molecule has 1 aromatic carbocycles. The van der Waals surface area contributed by atoms with Crippen LogP contribution in [-0.2, 0) is 16.5 Å². The SMILES string of the molecule is O=C=NC1(c2c(C(F)(F)F)ccc3c2OCO3)CC1. The monoisotopic (exact) mass is 271 g/mol. The van der Waals surface area contributed by atoms with Crippen molar-refractivity contribution in [3.8, 4) is 11.5 Å². The molecule has 1 aliphatic carbocycles. The van der Waals surface area contributed by atoms with Gasteiger partial charge >= 0.3 is 6.18 Å². The van der Waals surface area contributed by atoms with Gasteiger partial charge in [0.1, 0.15) is 5.54 Å². The van der Waals surface area contributed by atoms with Gasteiger partial charge in [0.05, 0.1) is 5.56 Å². The van der Waals surface area contributed by atoms with E-state index in [0.717, 1.165) is 6.07 Å². The normalized spacial score (nSPS) is 18.9. The van der Waals surface area contributed by atoms with Crippen molar-refractivity contribution in [3.05, 3.63) is 23.3 Å². The molecule has 4 nitrogen and oxygen atoms in total.